The van der Waals surface area contributed by atoms with Crippen LogP contribution in [0.3, 0.4) is 0 Å². The van der Waals surface area contributed by atoms with E-state index in [0.717, 1.165) is 11.1 Å². The van der Waals surface area contributed by atoms with E-state index in [0.29, 0.717) is 11.6 Å². The number of nitrogens with zero attached hydrogens (tertiary/aromatic N) is 4. The van der Waals surface area contributed by atoms with Crippen molar-refractivity contribution in [2.75, 3.05) is 0 Å². The topological polar surface area (TPSA) is 104 Å². The summed E-state index contributed by atoms with van der Waals surface area (Å²) in [6.45, 7) is 1.86. The van der Waals surface area contributed by atoms with Gasteiger partial charge in [0, 0.05) is 5.56 Å². The standard InChI is InChI=1S/C11H11N5O2/c1-7-13-15-10(16-14-7)9-4-2-8(3-5-9)6-18-11(12)17/h2-5H,6H2,1H3,(H2,12,17). The van der Waals surface area contributed by atoms with E-state index < -0.39 is 6.09 Å². The molecule has 0 aliphatic heterocycles. The molecule has 1 amide bonds. The molecule has 2 aromatic rings. The summed E-state index contributed by atoms with van der Waals surface area (Å²) in [5.41, 5.74) is 6.49. The largest absolute Gasteiger partial charge is 0.445 e. The minimum atomic E-state index is -0.797. The van der Waals surface area contributed by atoms with Crippen molar-refractivity contribution >= 4 is 6.09 Å². The highest BCUT2D eigenvalue weighted by atomic mass is 16.5. The molecule has 7 nitrogen and oxygen atoms in total. The van der Waals surface area contributed by atoms with Crippen LogP contribution in [-0.2, 0) is 11.3 Å². The van der Waals surface area contributed by atoms with Crippen molar-refractivity contribution in [1.82, 2.24) is 20.4 Å². The van der Waals surface area contributed by atoms with Gasteiger partial charge < -0.3 is 10.5 Å². The van der Waals surface area contributed by atoms with E-state index in [1.807, 2.05) is 0 Å². The predicted octanol–water partition coefficient (Wildman–Crippen LogP) is 0.837. The van der Waals surface area contributed by atoms with E-state index in [4.69, 9.17) is 5.73 Å². The molecule has 18 heavy (non-hydrogen) atoms. The second kappa shape index (κ2) is 5.17. The number of carbonyl (C=O) groups excluding carboxylic acids is 1. The molecule has 0 bridgehead atoms. The van der Waals surface area contributed by atoms with Crippen LogP contribution in [-0.4, -0.2) is 26.5 Å². The molecule has 2 N–H and O–H groups in total. The fourth-order valence-electron chi connectivity index (χ4n) is 1.30. The Morgan fingerprint density at radius 3 is 2.33 bits per heavy atom. The number of ether oxygens (including phenoxy) is 1. The van der Waals surface area contributed by atoms with Crippen molar-refractivity contribution < 1.29 is 9.53 Å². The van der Waals surface area contributed by atoms with Gasteiger partial charge in [-0.1, -0.05) is 24.3 Å². The number of aryl methyl sites for hydroxylation is 1. The van der Waals surface area contributed by atoms with Gasteiger partial charge in [-0.05, 0) is 12.5 Å². The van der Waals surface area contributed by atoms with Gasteiger partial charge in [0.1, 0.15) is 6.61 Å². The van der Waals surface area contributed by atoms with Crippen molar-refractivity contribution in [3.8, 4) is 11.4 Å². The molecule has 0 saturated heterocycles. The summed E-state index contributed by atoms with van der Waals surface area (Å²) in [7, 11) is 0. The van der Waals surface area contributed by atoms with E-state index in [-0.39, 0.29) is 6.61 Å². The SMILES string of the molecule is Cc1nnc(-c2ccc(COC(N)=O)cc2)nn1. The van der Waals surface area contributed by atoms with Crippen LogP contribution in [0.4, 0.5) is 4.79 Å². The molecular weight excluding hydrogens is 234 g/mol. The van der Waals surface area contributed by atoms with Gasteiger partial charge in [-0.2, -0.15) is 0 Å². The Morgan fingerprint density at radius 2 is 1.78 bits per heavy atom. The molecule has 0 aliphatic rings. The van der Waals surface area contributed by atoms with Gasteiger partial charge in [0.05, 0.1) is 0 Å². The molecule has 2 rings (SSSR count). The summed E-state index contributed by atoms with van der Waals surface area (Å²) in [6, 6.07) is 7.18. The first kappa shape index (κ1) is 11.9. The highest BCUT2D eigenvalue weighted by molar-refractivity contribution is 5.64. The average molecular weight is 245 g/mol. The Kier molecular flexibility index (Phi) is 3.42. The minimum absolute atomic E-state index is 0.140. The van der Waals surface area contributed by atoms with E-state index in [2.05, 4.69) is 25.1 Å². The fraction of sp³-hybridized carbons (Fsp3) is 0.182. The minimum Gasteiger partial charge on any atom is -0.445 e. The molecule has 92 valence electrons. The zero-order valence-electron chi connectivity index (χ0n) is 9.70. The summed E-state index contributed by atoms with van der Waals surface area (Å²) in [5, 5.41) is 15.5. The maximum atomic E-state index is 10.5. The van der Waals surface area contributed by atoms with Crippen LogP contribution in [0.1, 0.15) is 11.4 Å². The number of aromatic nitrogens is 4. The van der Waals surface area contributed by atoms with Crippen molar-refractivity contribution in [2.45, 2.75) is 13.5 Å². The Balaban J connectivity index is 2.12. The van der Waals surface area contributed by atoms with E-state index in [1.165, 1.54) is 0 Å². The molecule has 1 aromatic heterocycles. The lowest BCUT2D eigenvalue weighted by Crippen LogP contribution is -2.12. The number of primary amides is 1. The molecule has 0 spiro atoms. The predicted molar refractivity (Wildman–Crippen MR) is 62.2 cm³/mol. The summed E-state index contributed by atoms with van der Waals surface area (Å²) < 4.78 is 4.67. The number of hydrogen-bond donors (Lipinski definition) is 1. The third-order valence-electron chi connectivity index (χ3n) is 2.17. The Bertz CT molecular complexity index is 538. The Labute approximate surface area is 103 Å². The van der Waals surface area contributed by atoms with Crippen LogP contribution in [0.2, 0.25) is 0 Å². The molecule has 0 radical (unpaired) electrons. The molecule has 0 saturated carbocycles. The van der Waals surface area contributed by atoms with Gasteiger partial charge in [-0.15, -0.1) is 20.4 Å². The van der Waals surface area contributed by atoms with Crippen molar-refractivity contribution in [3.63, 3.8) is 0 Å². The van der Waals surface area contributed by atoms with Gasteiger partial charge in [-0.3, -0.25) is 0 Å². The number of nitrogens with two attached hydrogens (primary N) is 1. The molecule has 0 atom stereocenters. The lowest BCUT2D eigenvalue weighted by molar-refractivity contribution is 0.150. The highest BCUT2D eigenvalue weighted by Gasteiger charge is 2.03. The maximum absolute atomic E-state index is 10.5. The Hall–Kier alpha value is -2.57. The van der Waals surface area contributed by atoms with Gasteiger partial charge in [0.25, 0.3) is 0 Å². The van der Waals surface area contributed by atoms with Gasteiger partial charge in [-0.25, -0.2) is 4.79 Å². The molecular formula is C11H11N5O2. The number of benzene rings is 1. The quantitative estimate of drug-likeness (QED) is 0.859. The Morgan fingerprint density at radius 1 is 1.17 bits per heavy atom. The van der Waals surface area contributed by atoms with Crippen LogP contribution >= 0.6 is 0 Å². The smallest absolute Gasteiger partial charge is 0.404 e. The van der Waals surface area contributed by atoms with Gasteiger partial charge >= 0.3 is 6.09 Å². The zero-order valence-corrected chi connectivity index (χ0v) is 9.70. The summed E-state index contributed by atoms with van der Waals surface area (Å²) >= 11 is 0. The van der Waals surface area contributed by atoms with Crippen LogP contribution < -0.4 is 5.73 Å². The maximum Gasteiger partial charge on any atom is 0.404 e. The number of hydrogen-bond acceptors (Lipinski definition) is 6. The third kappa shape index (κ3) is 2.97. The first-order valence-electron chi connectivity index (χ1n) is 5.20. The van der Waals surface area contributed by atoms with Crippen molar-refractivity contribution in [3.05, 3.63) is 35.7 Å². The molecule has 1 aromatic carbocycles. The normalized spacial score (nSPS) is 10.1. The van der Waals surface area contributed by atoms with Crippen LogP contribution in [0.15, 0.2) is 24.3 Å². The van der Waals surface area contributed by atoms with Crippen molar-refractivity contribution in [1.29, 1.82) is 0 Å². The molecule has 0 fully saturated rings. The van der Waals surface area contributed by atoms with Gasteiger partial charge in [0.15, 0.2) is 5.82 Å². The van der Waals surface area contributed by atoms with E-state index >= 15 is 0 Å². The molecule has 0 unspecified atom stereocenters. The highest BCUT2D eigenvalue weighted by Crippen LogP contribution is 2.14. The third-order valence-corrected chi connectivity index (χ3v) is 2.17. The average Bonchev–Trinajstić information content (AvgIpc) is 2.38. The zero-order chi connectivity index (χ0) is 13.0. The molecule has 1 heterocycles. The first-order chi connectivity index (χ1) is 8.65. The van der Waals surface area contributed by atoms with E-state index in [9.17, 15) is 4.79 Å². The number of carbonyl (C=O) groups is 1. The second-order valence-electron chi connectivity index (χ2n) is 3.58. The van der Waals surface area contributed by atoms with Crippen LogP contribution in [0, 0.1) is 6.92 Å². The molecule has 7 heteroatoms. The number of rotatable bonds is 3. The molecule has 0 aliphatic carbocycles. The lowest BCUT2D eigenvalue weighted by Gasteiger charge is -2.03. The second-order valence-corrected chi connectivity index (χ2v) is 3.58. The first-order valence-corrected chi connectivity index (χ1v) is 5.20. The van der Waals surface area contributed by atoms with Crippen molar-refractivity contribution in [2.24, 2.45) is 5.73 Å². The van der Waals surface area contributed by atoms with Crippen LogP contribution in [0.25, 0.3) is 11.4 Å². The van der Waals surface area contributed by atoms with E-state index in [1.54, 1.807) is 31.2 Å². The summed E-state index contributed by atoms with van der Waals surface area (Å²) in [6.07, 6.45) is -0.797. The summed E-state index contributed by atoms with van der Waals surface area (Å²) in [5.74, 6) is 0.966. The number of amides is 1. The van der Waals surface area contributed by atoms with Crippen LogP contribution in [0.5, 0.6) is 0 Å². The summed E-state index contributed by atoms with van der Waals surface area (Å²) in [4.78, 5) is 10.5. The monoisotopic (exact) mass is 245 g/mol. The fourth-order valence-corrected chi connectivity index (χ4v) is 1.30. The van der Waals surface area contributed by atoms with Gasteiger partial charge in [0.2, 0.25) is 5.82 Å². The lowest BCUT2D eigenvalue weighted by atomic mass is 10.1.